The van der Waals surface area contributed by atoms with Crippen molar-refractivity contribution in [1.29, 1.82) is 0 Å². The van der Waals surface area contributed by atoms with Crippen molar-refractivity contribution in [2.45, 2.75) is 18.0 Å². The van der Waals surface area contributed by atoms with Gasteiger partial charge < -0.3 is 20.7 Å². The number of ether oxygens (including phenoxy) is 1. The molecule has 0 aromatic carbocycles. The monoisotopic (exact) mass is 245 g/mol. The van der Waals surface area contributed by atoms with Crippen LogP contribution >= 0.6 is 0 Å². The number of nitrogen functional groups attached to an aromatic ring is 1. The Morgan fingerprint density at radius 3 is 3.00 bits per heavy atom. The zero-order chi connectivity index (χ0) is 12.6. The SMILES string of the molecule is Nc1ccn([C@]2(F)COC(CO)C2O)c(=O)n1. The van der Waals surface area contributed by atoms with Crippen LogP contribution in [-0.2, 0) is 10.5 Å². The second-order valence-corrected chi connectivity index (χ2v) is 3.80. The number of aromatic nitrogens is 2. The normalized spacial score (nSPS) is 32.9. The first-order chi connectivity index (χ1) is 7.99. The molecular formula is C9H12FN3O4. The molecule has 0 bridgehead atoms. The maximum atomic E-state index is 14.5. The first-order valence-corrected chi connectivity index (χ1v) is 4.94. The molecule has 7 nitrogen and oxygen atoms in total. The summed E-state index contributed by atoms with van der Waals surface area (Å²) in [5, 5.41) is 18.5. The molecule has 1 saturated heterocycles. The van der Waals surface area contributed by atoms with Crippen LogP contribution in [0.15, 0.2) is 17.1 Å². The van der Waals surface area contributed by atoms with Gasteiger partial charge in [0.1, 0.15) is 24.6 Å². The zero-order valence-electron chi connectivity index (χ0n) is 8.78. The van der Waals surface area contributed by atoms with E-state index in [2.05, 4.69) is 4.98 Å². The number of aliphatic hydroxyl groups excluding tert-OH is 2. The number of hydrogen-bond donors (Lipinski definition) is 3. The van der Waals surface area contributed by atoms with Gasteiger partial charge in [0.15, 0.2) is 0 Å². The van der Waals surface area contributed by atoms with Gasteiger partial charge >= 0.3 is 5.69 Å². The molecule has 1 aromatic rings. The fourth-order valence-corrected chi connectivity index (χ4v) is 1.75. The van der Waals surface area contributed by atoms with Crippen molar-refractivity contribution in [3.63, 3.8) is 0 Å². The Morgan fingerprint density at radius 2 is 2.47 bits per heavy atom. The predicted octanol–water partition coefficient (Wildman–Crippen LogP) is -1.80. The smallest absolute Gasteiger partial charge is 0.352 e. The molecule has 3 atom stereocenters. The van der Waals surface area contributed by atoms with Crippen LogP contribution in [0.5, 0.6) is 0 Å². The molecule has 2 unspecified atom stereocenters. The maximum absolute atomic E-state index is 14.5. The van der Waals surface area contributed by atoms with Crippen LogP contribution in [0.2, 0.25) is 0 Å². The van der Waals surface area contributed by atoms with Gasteiger partial charge in [-0.15, -0.1) is 0 Å². The minimum atomic E-state index is -2.44. The second kappa shape index (κ2) is 4.06. The summed E-state index contributed by atoms with van der Waals surface area (Å²) in [4.78, 5) is 14.8. The number of aliphatic hydroxyl groups is 2. The van der Waals surface area contributed by atoms with Gasteiger partial charge in [-0.05, 0) is 6.07 Å². The highest BCUT2D eigenvalue weighted by Gasteiger charge is 2.52. The Kier molecular flexibility index (Phi) is 2.86. The molecule has 0 amide bonds. The van der Waals surface area contributed by atoms with E-state index < -0.39 is 36.9 Å². The Morgan fingerprint density at radius 1 is 1.76 bits per heavy atom. The second-order valence-electron chi connectivity index (χ2n) is 3.80. The number of anilines is 1. The highest BCUT2D eigenvalue weighted by Crippen LogP contribution is 2.32. The lowest BCUT2D eigenvalue weighted by atomic mass is 10.1. The zero-order valence-corrected chi connectivity index (χ0v) is 8.78. The van der Waals surface area contributed by atoms with Crippen molar-refractivity contribution in [2.75, 3.05) is 18.9 Å². The number of alkyl halides is 1. The van der Waals surface area contributed by atoms with Gasteiger partial charge in [-0.25, -0.2) is 9.18 Å². The molecule has 2 heterocycles. The summed E-state index contributed by atoms with van der Waals surface area (Å²) in [6.07, 6.45) is -1.61. The average Bonchev–Trinajstić information content (AvgIpc) is 2.56. The van der Waals surface area contributed by atoms with Crippen molar-refractivity contribution in [3.05, 3.63) is 22.7 Å². The summed E-state index contributed by atoms with van der Waals surface area (Å²) in [5.41, 5.74) is 4.35. The van der Waals surface area contributed by atoms with Gasteiger partial charge in [-0.2, -0.15) is 4.98 Å². The third-order valence-electron chi connectivity index (χ3n) is 2.71. The largest absolute Gasteiger partial charge is 0.394 e. The summed E-state index contributed by atoms with van der Waals surface area (Å²) in [5.74, 6) is -2.48. The van der Waals surface area contributed by atoms with Crippen LogP contribution < -0.4 is 11.4 Å². The number of nitrogens with zero attached hydrogens (tertiary/aromatic N) is 2. The first-order valence-electron chi connectivity index (χ1n) is 4.94. The molecule has 94 valence electrons. The van der Waals surface area contributed by atoms with Gasteiger partial charge in [0.05, 0.1) is 6.61 Å². The van der Waals surface area contributed by atoms with Crippen LogP contribution in [0, 0.1) is 0 Å². The molecule has 4 N–H and O–H groups in total. The van der Waals surface area contributed by atoms with Crippen LogP contribution in [-0.4, -0.2) is 45.2 Å². The van der Waals surface area contributed by atoms with Gasteiger partial charge in [-0.3, -0.25) is 4.57 Å². The lowest BCUT2D eigenvalue weighted by Gasteiger charge is -2.24. The van der Waals surface area contributed by atoms with E-state index in [1.54, 1.807) is 0 Å². The summed E-state index contributed by atoms with van der Waals surface area (Å²) in [6, 6.07) is 1.24. The van der Waals surface area contributed by atoms with E-state index in [0.717, 1.165) is 6.20 Å². The van der Waals surface area contributed by atoms with E-state index in [-0.39, 0.29) is 5.82 Å². The quantitative estimate of drug-likeness (QED) is 0.567. The molecular weight excluding hydrogens is 233 g/mol. The van der Waals surface area contributed by atoms with Crippen molar-refractivity contribution in [3.8, 4) is 0 Å². The predicted molar refractivity (Wildman–Crippen MR) is 54.8 cm³/mol. The molecule has 0 aliphatic carbocycles. The molecule has 17 heavy (non-hydrogen) atoms. The Hall–Kier alpha value is -1.51. The van der Waals surface area contributed by atoms with Crippen molar-refractivity contribution in [2.24, 2.45) is 0 Å². The Balaban J connectivity index is 2.42. The Bertz CT molecular complexity index is 480. The Labute approximate surface area is 95.3 Å². The van der Waals surface area contributed by atoms with Crippen LogP contribution in [0.4, 0.5) is 10.2 Å². The number of rotatable bonds is 2. The van der Waals surface area contributed by atoms with Crippen molar-refractivity contribution in [1.82, 2.24) is 9.55 Å². The molecule has 1 fully saturated rings. The molecule has 0 radical (unpaired) electrons. The minimum Gasteiger partial charge on any atom is -0.394 e. The van der Waals surface area contributed by atoms with Gasteiger partial charge in [0.2, 0.25) is 5.79 Å². The first kappa shape index (κ1) is 12.0. The third-order valence-corrected chi connectivity index (χ3v) is 2.71. The summed E-state index contributed by atoms with van der Waals surface area (Å²) in [7, 11) is 0. The standard InChI is InChI=1S/C9H12FN3O4/c10-9(4-17-5(3-14)7(9)15)13-2-1-6(11)12-8(13)16/h1-2,5,7,14-15H,3-4H2,(H2,11,12,16)/t5?,7?,9-/m1/s1. The van der Waals surface area contributed by atoms with Crippen molar-refractivity contribution < 1.29 is 19.3 Å². The molecule has 1 aliphatic rings. The summed E-state index contributed by atoms with van der Waals surface area (Å²) >= 11 is 0. The summed E-state index contributed by atoms with van der Waals surface area (Å²) < 4.78 is 20.0. The fourth-order valence-electron chi connectivity index (χ4n) is 1.75. The molecule has 1 aromatic heterocycles. The average molecular weight is 245 g/mol. The molecule has 0 saturated carbocycles. The molecule has 1 aliphatic heterocycles. The molecule has 0 spiro atoms. The van der Waals surface area contributed by atoms with Crippen LogP contribution in [0.1, 0.15) is 0 Å². The van der Waals surface area contributed by atoms with Gasteiger partial charge in [0.25, 0.3) is 0 Å². The summed E-state index contributed by atoms with van der Waals surface area (Å²) in [6.45, 7) is -1.07. The van der Waals surface area contributed by atoms with Crippen LogP contribution in [0.3, 0.4) is 0 Å². The highest BCUT2D eigenvalue weighted by atomic mass is 19.1. The lowest BCUT2D eigenvalue weighted by molar-refractivity contribution is -0.0509. The van der Waals surface area contributed by atoms with E-state index in [0.29, 0.717) is 4.57 Å². The molecule has 8 heteroatoms. The maximum Gasteiger partial charge on any atom is 0.352 e. The van der Waals surface area contributed by atoms with E-state index in [1.807, 2.05) is 0 Å². The fraction of sp³-hybridized carbons (Fsp3) is 0.556. The number of nitrogens with two attached hydrogens (primary N) is 1. The number of hydrogen-bond acceptors (Lipinski definition) is 6. The topological polar surface area (TPSA) is 111 Å². The molecule has 2 rings (SSSR count). The van der Waals surface area contributed by atoms with E-state index in [1.165, 1.54) is 6.07 Å². The van der Waals surface area contributed by atoms with Crippen LogP contribution in [0.25, 0.3) is 0 Å². The lowest BCUT2D eigenvalue weighted by Crippen LogP contribution is -2.48. The van der Waals surface area contributed by atoms with E-state index in [9.17, 15) is 14.3 Å². The minimum absolute atomic E-state index is 0.0398. The third kappa shape index (κ3) is 1.79. The number of halogens is 1. The van der Waals surface area contributed by atoms with E-state index in [4.69, 9.17) is 15.6 Å². The van der Waals surface area contributed by atoms with E-state index >= 15 is 0 Å². The van der Waals surface area contributed by atoms with Crippen molar-refractivity contribution >= 4 is 5.82 Å². The van der Waals surface area contributed by atoms with Gasteiger partial charge in [0, 0.05) is 6.20 Å². The highest BCUT2D eigenvalue weighted by molar-refractivity contribution is 5.24. The van der Waals surface area contributed by atoms with Gasteiger partial charge in [-0.1, -0.05) is 0 Å².